The lowest BCUT2D eigenvalue weighted by Crippen LogP contribution is -2.39. The molecule has 0 saturated carbocycles. The van der Waals surface area contributed by atoms with Crippen LogP contribution in [0.3, 0.4) is 0 Å². The highest BCUT2D eigenvalue weighted by atomic mass is 15.2. The molecule has 0 N–H and O–H groups in total. The van der Waals surface area contributed by atoms with Crippen LogP contribution in [0.2, 0.25) is 0 Å². The fourth-order valence-corrected chi connectivity index (χ4v) is 6.29. The molecule has 7 heteroatoms. The third-order valence-corrected chi connectivity index (χ3v) is 8.44. The summed E-state index contributed by atoms with van der Waals surface area (Å²) >= 11 is 0. The van der Waals surface area contributed by atoms with Crippen molar-refractivity contribution in [2.75, 3.05) is 11.9 Å². The molecule has 210 valence electrons. The monoisotopic (exact) mass is 569 g/mol. The molecule has 0 unspecified atom stereocenters. The summed E-state index contributed by atoms with van der Waals surface area (Å²) in [5.74, 6) is 1.40. The minimum Gasteiger partial charge on any atom is -0.345 e. The smallest absolute Gasteiger partial charge is 0.238 e. The predicted octanol–water partition coefficient (Wildman–Crippen LogP) is 5.84. The largest absolute Gasteiger partial charge is 0.345 e. The third kappa shape index (κ3) is 4.06. The van der Waals surface area contributed by atoms with Gasteiger partial charge < -0.3 is 4.90 Å². The van der Waals surface area contributed by atoms with Crippen molar-refractivity contribution >= 4 is 28.9 Å². The van der Waals surface area contributed by atoms with Crippen molar-refractivity contribution in [3.05, 3.63) is 124 Å². The summed E-state index contributed by atoms with van der Waals surface area (Å²) in [6.45, 7) is 9.08. The Morgan fingerprint density at radius 1 is 0.705 bits per heavy atom. The van der Waals surface area contributed by atoms with E-state index in [0.29, 0.717) is 28.7 Å². The molecule has 1 aliphatic heterocycles. The molecule has 3 heterocycles. The SMILES string of the molecule is C=c1c(=C2N(C)c3ccccc3C2(C)C)n(-c2nc(-c3ccc(C#N)cc3)nc(-c3ccc(C#N)cc3)n2)c2ccccc12. The lowest BCUT2D eigenvalue weighted by Gasteiger charge is -2.24. The quantitative estimate of drug-likeness (QED) is 0.266. The van der Waals surface area contributed by atoms with Crippen LogP contribution in [0.15, 0.2) is 97.1 Å². The van der Waals surface area contributed by atoms with Gasteiger partial charge in [-0.25, -0.2) is 4.98 Å². The maximum atomic E-state index is 9.36. The van der Waals surface area contributed by atoms with Crippen molar-refractivity contribution in [1.82, 2.24) is 19.5 Å². The zero-order valence-corrected chi connectivity index (χ0v) is 24.6. The minimum atomic E-state index is -0.331. The summed E-state index contributed by atoms with van der Waals surface area (Å²) in [6, 6.07) is 35.4. The Labute approximate surface area is 254 Å². The topological polar surface area (TPSA) is 94.4 Å². The van der Waals surface area contributed by atoms with Gasteiger partial charge in [-0.1, -0.05) is 56.8 Å². The molecule has 0 aliphatic carbocycles. The van der Waals surface area contributed by atoms with Gasteiger partial charge in [-0.3, -0.25) is 4.57 Å². The molecule has 6 aromatic rings. The molecular formula is C37H27N7. The van der Waals surface area contributed by atoms with Gasteiger partial charge in [0, 0.05) is 39.9 Å². The number of hydrogen-bond donors (Lipinski definition) is 0. The number of aromatic nitrogens is 4. The van der Waals surface area contributed by atoms with E-state index in [1.165, 1.54) is 5.56 Å². The summed E-state index contributed by atoms with van der Waals surface area (Å²) < 4.78 is 2.10. The van der Waals surface area contributed by atoms with Gasteiger partial charge in [-0.15, -0.1) is 0 Å². The van der Waals surface area contributed by atoms with Crippen LogP contribution in [-0.2, 0) is 5.41 Å². The Hall–Kier alpha value is -6.05. The van der Waals surface area contributed by atoms with Crippen LogP contribution in [0.1, 0.15) is 30.5 Å². The molecule has 1 aliphatic rings. The van der Waals surface area contributed by atoms with Crippen LogP contribution in [0.25, 0.3) is 51.9 Å². The summed E-state index contributed by atoms with van der Waals surface area (Å²) in [5.41, 5.74) is 6.71. The normalized spacial score (nSPS) is 14.7. The van der Waals surface area contributed by atoms with E-state index in [1.54, 1.807) is 24.3 Å². The summed E-state index contributed by atoms with van der Waals surface area (Å²) in [7, 11) is 2.10. The zero-order chi connectivity index (χ0) is 30.6. The molecule has 0 saturated heterocycles. The average molecular weight is 570 g/mol. The van der Waals surface area contributed by atoms with Crippen molar-refractivity contribution < 1.29 is 0 Å². The van der Waals surface area contributed by atoms with Gasteiger partial charge >= 0.3 is 0 Å². The van der Waals surface area contributed by atoms with Crippen molar-refractivity contribution in [3.63, 3.8) is 0 Å². The first-order chi connectivity index (χ1) is 21.3. The number of benzene rings is 4. The fraction of sp³-hybridized carbons (Fsp3) is 0.108. The Morgan fingerprint density at radius 3 is 1.82 bits per heavy atom. The molecule has 0 bridgehead atoms. The van der Waals surface area contributed by atoms with Crippen LogP contribution in [0.4, 0.5) is 5.69 Å². The molecule has 0 atom stereocenters. The molecule has 0 fully saturated rings. The minimum absolute atomic E-state index is 0.331. The van der Waals surface area contributed by atoms with Crippen LogP contribution >= 0.6 is 0 Å². The zero-order valence-electron chi connectivity index (χ0n) is 24.6. The van der Waals surface area contributed by atoms with Crippen molar-refractivity contribution in [3.8, 4) is 40.9 Å². The number of nitriles is 2. The number of hydrogen-bond acceptors (Lipinski definition) is 6. The molecule has 0 spiro atoms. The van der Waals surface area contributed by atoms with Crippen molar-refractivity contribution in [1.29, 1.82) is 10.5 Å². The molecular weight excluding hydrogens is 542 g/mol. The van der Waals surface area contributed by atoms with Gasteiger partial charge in [-0.2, -0.15) is 20.5 Å². The number of anilines is 1. The Balaban J connectivity index is 1.59. The number of para-hydroxylation sites is 2. The lowest BCUT2D eigenvalue weighted by molar-refractivity contribution is 0.694. The molecule has 4 aromatic carbocycles. The maximum Gasteiger partial charge on any atom is 0.238 e. The van der Waals surface area contributed by atoms with Crippen LogP contribution in [0, 0.1) is 22.7 Å². The highest BCUT2D eigenvalue weighted by Gasteiger charge is 2.40. The third-order valence-electron chi connectivity index (χ3n) is 8.44. The van der Waals surface area contributed by atoms with Crippen LogP contribution in [-0.4, -0.2) is 26.6 Å². The first kappa shape index (κ1) is 26.8. The summed E-state index contributed by atoms with van der Waals surface area (Å²) in [5, 5.41) is 21.6. The van der Waals surface area contributed by atoms with Gasteiger partial charge in [0.25, 0.3) is 0 Å². The second kappa shape index (κ2) is 10.0. The number of likely N-dealkylation sites (N-methyl/N-ethyl adjacent to an activating group) is 1. The van der Waals surface area contributed by atoms with E-state index in [0.717, 1.165) is 44.0 Å². The van der Waals surface area contributed by atoms with E-state index in [-0.39, 0.29) is 5.41 Å². The lowest BCUT2D eigenvalue weighted by atomic mass is 9.83. The second-order valence-electron chi connectivity index (χ2n) is 11.4. The average Bonchev–Trinajstić information content (AvgIpc) is 3.46. The Morgan fingerprint density at radius 2 is 1.25 bits per heavy atom. The molecule has 7 rings (SSSR count). The molecule has 44 heavy (non-hydrogen) atoms. The van der Waals surface area contributed by atoms with Crippen LogP contribution in [0.5, 0.6) is 0 Å². The van der Waals surface area contributed by atoms with E-state index in [9.17, 15) is 10.5 Å². The first-order valence-electron chi connectivity index (χ1n) is 14.3. The van der Waals surface area contributed by atoms with E-state index in [2.05, 4.69) is 85.5 Å². The predicted molar refractivity (Wildman–Crippen MR) is 173 cm³/mol. The number of nitrogens with zero attached hydrogens (tertiary/aromatic N) is 7. The number of fused-ring (bicyclic) bond motifs is 2. The molecule has 0 radical (unpaired) electrons. The number of rotatable bonds is 3. The van der Waals surface area contributed by atoms with Gasteiger partial charge in [0.05, 0.1) is 39.8 Å². The highest BCUT2D eigenvalue weighted by molar-refractivity contribution is 5.89. The first-order valence-corrected chi connectivity index (χ1v) is 14.3. The second-order valence-corrected chi connectivity index (χ2v) is 11.4. The summed E-state index contributed by atoms with van der Waals surface area (Å²) in [4.78, 5) is 17.2. The van der Waals surface area contributed by atoms with Gasteiger partial charge in [0.2, 0.25) is 5.95 Å². The van der Waals surface area contributed by atoms with Crippen LogP contribution < -0.4 is 15.5 Å². The highest BCUT2D eigenvalue weighted by Crippen LogP contribution is 2.47. The molecule has 0 amide bonds. The van der Waals surface area contributed by atoms with E-state index in [1.807, 2.05) is 36.4 Å². The fourth-order valence-electron chi connectivity index (χ4n) is 6.29. The Bertz CT molecular complexity index is 2220. The van der Waals surface area contributed by atoms with E-state index >= 15 is 0 Å². The van der Waals surface area contributed by atoms with Crippen molar-refractivity contribution in [2.45, 2.75) is 19.3 Å². The Kier molecular flexibility index (Phi) is 6.12. The standard InChI is InChI=1S/C37H27N7/c1-23-28-9-5-7-11-30(28)44(32(23)33-37(2,3)29-10-6-8-12-31(29)43(33)4)36-41-34(26-17-13-24(21-38)14-18-26)40-35(42-36)27-19-15-25(22-39)16-20-27/h5-20H,1H2,2-4H3. The summed E-state index contributed by atoms with van der Waals surface area (Å²) in [6.07, 6.45) is 0. The van der Waals surface area contributed by atoms with Crippen molar-refractivity contribution in [2.24, 2.45) is 0 Å². The van der Waals surface area contributed by atoms with Gasteiger partial charge in [0.1, 0.15) is 0 Å². The maximum absolute atomic E-state index is 9.36. The van der Waals surface area contributed by atoms with E-state index in [4.69, 9.17) is 15.0 Å². The van der Waals surface area contributed by atoms with E-state index < -0.39 is 0 Å². The van der Waals surface area contributed by atoms with Gasteiger partial charge in [-0.05, 0) is 66.2 Å². The molecule has 7 nitrogen and oxygen atoms in total. The van der Waals surface area contributed by atoms with Gasteiger partial charge in [0.15, 0.2) is 11.6 Å². The molecule has 2 aromatic heterocycles.